The molecule has 0 saturated carbocycles. The monoisotopic (exact) mass is 551 g/mol. The van der Waals surface area contributed by atoms with Gasteiger partial charge in [0.05, 0.1) is 19.1 Å². The lowest BCUT2D eigenvalue weighted by Crippen LogP contribution is -2.48. The van der Waals surface area contributed by atoms with Gasteiger partial charge in [0, 0.05) is 59.6 Å². The molecule has 10 nitrogen and oxygen atoms in total. The van der Waals surface area contributed by atoms with E-state index in [0.717, 1.165) is 57.7 Å². The maximum atomic E-state index is 13.6. The van der Waals surface area contributed by atoms with Gasteiger partial charge in [0.1, 0.15) is 5.69 Å². The number of H-pyrrole nitrogens is 1. The van der Waals surface area contributed by atoms with E-state index < -0.39 is 10.0 Å². The van der Waals surface area contributed by atoms with Crippen molar-refractivity contribution in [2.45, 2.75) is 37.1 Å². The van der Waals surface area contributed by atoms with E-state index in [1.807, 2.05) is 30.0 Å². The number of pyridine rings is 1. The summed E-state index contributed by atoms with van der Waals surface area (Å²) in [6, 6.07) is 14.2. The molecule has 1 atom stereocenters. The van der Waals surface area contributed by atoms with E-state index in [1.54, 1.807) is 30.3 Å². The molecule has 11 heteroatoms. The number of carbonyl (C=O) groups is 1. The van der Waals surface area contributed by atoms with E-state index >= 15 is 0 Å². The maximum Gasteiger partial charge on any atom is 0.264 e. The number of anilines is 2. The van der Waals surface area contributed by atoms with Gasteiger partial charge < -0.3 is 24.7 Å². The number of methoxy groups -OCH3 is 2. The molecule has 2 N–H and O–H groups in total. The molecule has 206 valence electrons. The van der Waals surface area contributed by atoms with Crippen molar-refractivity contribution in [2.75, 3.05) is 43.6 Å². The quantitative estimate of drug-likeness (QED) is 0.339. The van der Waals surface area contributed by atoms with Crippen LogP contribution in [-0.2, 0) is 14.8 Å². The minimum absolute atomic E-state index is 0.0824. The van der Waals surface area contributed by atoms with Crippen molar-refractivity contribution in [2.24, 2.45) is 0 Å². The van der Waals surface area contributed by atoms with Crippen LogP contribution in [0.2, 0.25) is 0 Å². The Labute approximate surface area is 228 Å². The highest BCUT2D eigenvalue weighted by atomic mass is 32.2. The van der Waals surface area contributed by atoms with Crippen molar-refractivity contribution >= 4 is 49.1 Å². The van der Waals surface area contributed by atoms with Crippen molar-refractivity contribution in [3.05, 3.63) is 48.5 Å². The van der Waals surface area contributed by atoms with E-state index in [9.17, 15) is 13.2 Å². The highest BCUT2D eigenvalue weighted by molar-refractivity contribution is 7.92. The minimum Gasteiger partial charge on any atom is -0.481 e. The van der Waals surface area contributed by atoms with Gasteiger partial charge >= 0.3 is 0 Å². The van der Waals surface area contributed by atoms with Gasteiger partial charge in [0.15, 0.2) is 0 Å². The smallest absolute Gasteiger partial charge is 0.264 e. The third-order valence-electron chi connectivity index (χ3n) is 7.25. The molecule has 1 unspecified atom stereocenters. The van der Waals surface area contributed by atoms with Crippen LogP contribution in [0.4, 0.5) is 11.4 Å². The first-order valence-corrected chi connectivity index (χ1v) is 14.4. The topological polar surface area (TPSA) is 117 Å². The van der Waals surface area contributed by atoms with Gasteiger partial charge in [0.2, 0.25) is 17.7 Å². The van der Waals surface area contributed by atoms with Gasteiger partial charge in [-0.1, -0.05) is 13.0 Å². The van der Waals surface area contributed by atoms with Crippen molar-refractivity contribution in [3.63, 3.8) is 0 Å². The number of ether oxygens (including phenoxy) is 2. The number of hydrogen-bond donors (Lipinski definition) is 2. The Bertz CT molecular complexity index is 1630. The molecule has 1 aliphatic heterocycles. The van der Waals surface area contributed by atoms with E-state index in [0.29, 0.717) is 18.0 Å². The zero-order valence-corrected chi connectivity index (χ0v) is 23.3. The van der Waals surface area contributed by atoms with E-state index in [-0.39, 0.29) is 22.7 Å². The number of nitrogens with one attached hydrogen (secondary N) is 2. The summed E-state index contributed by atoms with van der Waals surface area (Å²) in [6.45, 7) is 3.61. The first-order chi connectivity index (χ1) is 18.8. The molecule has 2 aromatic heterocycles. The average Bonchev–Trinajstić information content (AvgIpc) is 3.34. The fourth-order valence-electron chi connectivity index (χ4n) is 5.17. The first kappa shape index (κ1) is 26.8. The van der Waals surface area contributed by atoms with E-state index in [1.165, 1.54) is 21.3 Å². The van der Waals surface area contributed by atoms with Gasteiger partial charge in [0.25, 0.3) is 10.0 Å². The Hall–Kier alpha value is -3.83. The summed E-state index contributed by atoms with van der Waals surface area (Å²) in [5.74, 6) is 0.541. The predicted molar refractivity (Wildman–Crippen MR) is 152 cm³/mol. The van der Waals surface area contributed by atoms with Crippen molar-refractivity contribution in [1.29, 1.82) is 0 Å². The van der Waals surface area contributed by atoms with Gasteiger partial charge in [-0.3, -0.25) is 9.10 Å². The predicted octanol–water partition coefficient (Wildman–Crippen LogP) is 4.05. The normalized spacial score (nSPS) is 15.8. The van der Waals surface area contributed by atoms with Crippen molar-refractivity contribution in [1.82, 2.24) is 15.3 Å². The molecule has 0 spiro atoms. The molecular formula is C28H33N5O5S. The molecule has 4 aromatic rings. The van der Waals surface area contributed by atoms with Gasteiger partial charge in [-0.25, -0.2) is 8.42 Å². The maximum absolute atomic E-state index is 13.6. The Kier molecular flexibility index (Phi) is 7.37. The van der Waals surface area contributed by atoms with Crippen LogP contribution in [0.25, 0.3) is 21.8 Å². The van der Waals surface area contributed by atoms with Gasteiger partial charge in [-0.2, -0.15) is 4.98 Å². The number of nitrogens with zero attached hydrogens (tertiary/aromatic N) is 3. The highest BCUT2D eigenvalue weighted by Crippen LogP contribution is 2.35. The largest absolute Gasteiger partial charge is 0.481 e. The summed E-state index contributed by atoms with van der Waals surface area (Å²) in [5, 5.41) is 5.05. The minimum atomic E-state index is -3.93. The first-order valence-electron chi connectivity index (χ1n) is 12.9. The average molecular weight is 552 g/mol. The summed E-state index contributed by atoms with van der Waals surface area (Å²) < 4.78 is 38.9. The van der Waals surface area contributed by atoms with Crippen LogP contribution in [0.3, 0.4) is 0 Å². The zero-order chi connectivity index (χ0) is 27.7. The summed E-state index contributed by atoms with van der Waals surface area (Å²) in [6.07, 6.45) is 2.40. The van der Waals surface area contributed by atoms with Crippen molar-refractivity contribution in [3.8, 4) is 11.8 Å². The molecule has 0 bridgehead atoms. The van der Waals surface area contributed by atoms with E-state index in [2.05, 4.69) is 15.3 Å². The molecule has 1 saturated heterocycles. The summed E-state index contributed by atoms with van der Waals surface area (Å²) >= 11 is 0. The number of sulfonamides is 1. The SMILES string of the molecule is CCC(=O)N(c1ccc2c(c1)[nH]c1ccc(S(=O)(=O)N(C)c3ccc(OC)nc3OC)cc12)C1CCCNC1. The second-order valence-electron chi connectivity index (χ2n) is 9.53. The number of aromatic amines is 1. The number of fused-ring (bicyclic) bond motifs is 3. The number of carbonyl (C=O) groups excluding carboxylic acids is 1. The molecule has 1 aliphatic rings. The third kappa shape index (κ3) is 4.87. The summed E-state index contributed by atoms with van der Waals surface area (Å²) in [4.78, 5) is 22.6. The van der Waals surface area contributed by atoms with Crippen LogP contribution in [0.5, 0.6) is 11.8 Å². The number of piperidine rings is 1. The lowest BCUT2D eigenvalue weighted by molar-refractivity contribution is -0.118. The Morgan fingerprint density at radius 1 is 1.05 bits per heavy atom. The van der Waals surface area contributed by atoms with Crippen LogP contribution < -0.4 is 24.0 Å². The molecular weight excluding hydrogens is 518 g/mol. The van der Waals surface area contributed by atoms with Crippen molar-refractivity contribution < 1.29 is 22.7 Å². The number of amides is 1. The number of rotatable bonds is 8. The standard InChI is InChI=1S/C28H33N5O5S/c1-5-27(34)33(19-7-6-14-29-17-19)18-8-10-21-22-16-20(9-11-23(22)30-24(21)15-18)39(35,36)32(2)25-12-13-26(37-3)31-28(25)38-4/h8-13,15-16,19,29-30H,5-7,14,17H2,1-4H3. The second-order valence-corrected chi connectivity index (χ2v) is 11.5. The van der Waals surface area contributed by atoms with Crippen LogP contribution in [0.15, 0.2) is 53.4 Å². The van der Waals surface area contributed by atoms with E-state index in [4.69, 9.17) is 9.47 Å². The fraction of sp³-hybridized carbons (Fsp3) is 0.357. The third-order valence-corrected chi connectivity index (χ3v) is 9.02. The highest BCUT2D eigenvalue weighted by Gasteiger charge is 2.28. The molecule has 39 heavy (non-hydrogen) atoms. The molecule has 2 aromatic carbocycles. The molecule has 1 fully saturated rings. The van der Waals surface area contributed by atoms with Gasteiger partial charge in [-0.15, -0.1) is 0 Å². The van der Waals surface area contributed by atoms with Gasteiger partial charge in [-0.05, 0) is 55.8 Å². The summed E-state index contributed by atoms with van der Waals surface area (Å²) in [5.41, 5.74) is 2.77. The molecule has 1 amide bonds. The molecule has 5 rings (SSSR count). The summed E-state index contributed by atoms with van der Waals surface area (Å²) in [7, 11) is 0.439. The number of benzene rings is 2. The Balaban J connectivity index is 1.53. The van der Waals surface area contributed by atoms with Crippen LogP contribution >= 0.6 is 0 Å². The molecule has 3 heterocycles. The Morgan fingerprint density at radius 3 is 2.56 bits per heavy atom. The fourth-order valence-corrected chi connectivity index (χ4v) is 6.39. The zero-order valence-electron chi connectivity index (χ0n) is 22.5. The molecule has 0 aliphatic carbocycles. The van der Waals surface area contributed by atoms with Crippen LogP contribution in [-0.4, -0.2) is 64.7 Å². The lowest BCUT2D eigenvalue weighted by atomic mass is 10.0. The number of hydrogen-bond acceptors (Lipinski definition) is 7. The Morgan fingerprint density at radius 2 is 1.87 bits per heavy atom. The number of aromatic nitrogens is 2. The second kappa shape index (κ2) is 10.7. The lowest BCUT2D eigenvalue weighted by Gasteiger charge is -2.34. The van der Waals surface area contributed by atoms with Crippen LogP contribution in [0, 0.1) is 0 Å². The van der Waals surface area contributed by atoms with Crippen LogP contribution in [0.1, 0.15) is 26.2 Å². The molecule has 0 radical (unpaired) electrons.